The van der Waals surface area contributed by atoms with Crippen LogP contribution in [-0.4, -0.2) is 10.9 Å². The van der Waals surface area contributed by atoms with Crippen LogP contribution in [-0.2, 0) is 0 Å². The Kier molecular flexibility index (Phi) is 2.58. The molecule has 0 fully saturated rings. The fourth-order valence-corrected chi connectivity index (χ4v) is 1.89. The van der Waals surface area contributed by atoms with Crippen molar-refractivity contribution in [1.82, 2.24) is 4.57 Å². The first-order chi connectivity index (χ1) is 7.27. The number of para-hydroxylation sites is 1. The van der Waals surface area contributed by atoms with Crippen LogP contribution in [0.3, 0.4) is 0 Å². The number of rotatable bonds is 3. The molecule has 1 heterocycles. The fourth-order valence-electron chi connectivity index (χ4n) is 1.89. The first-order valence-corrected chi connectivity index (χ1v) is 5.32. The second-order valence-electron chi connectivity index (χ2n) is 3.88. The lowest BCUT2D eigenvalue weighted by molar-refractivity contribution is 0.112. The van der Waals surface area contributed by atoms with E-state index >= 15 is 0 Å². The number of nitrogens with zero attached hydrogens (tertiary/aromatic N) is 1. The van der Waals surface area contributed by atoms with Crippen molar-refractivity contribution in [2.75, 3.05) is 0 Å². The molecule has 0 aliphatic heterocycles. The van der Waals surface area contributed by atoms with Crippen molar-refractivity contribution in [1.29, 1.82) is 0 Å². The minimum atomic E-state index is 0.434. The molecular formula is C13H15NO. The van der Waals surface area contributed by atoms with Gasteiger partial charge in [0.2, 0.25) is 0 Å². The van der Waals surface area contributed by atoms with Crippen LogP contribution >= 0.6 is 0 Å². The van der Waals surface area contributed by atoms with Crippen LogP contribution in [0, 0.1) is 0 Å². The summed E-state index contributed by atoms with van der Waals surface area (Å²) in [6.45, 7) is 4.32. The number of aromatic nitrogens is 1. The average Bonchev–Trinajstić information content (AvgIpc) is 2.67. The standard InChI is InChI=1S/C13H15NO/c1-3-10(2)14-8-11(9-15)12-6-4-5-7-13(12)14/h4-10H,3H2,1-2H3/t10-/m0/s1. The maximum absolute atomic E-state index is 10.9. The third-order valence-corrected chi connectivity index (χ3v) is 2.96. The van der Waals surface area contributed by atoms with E-state index in [-0.39, 0.29) is 0 Å². The summed E-state index contributed by atoms with van der Waals surface area (Å²) in [4.78, 5) is 10.9. The molecule has 0 saturated carbocycles. The van der Waals surface area contributed by atoms with Crippen molar-refractivity contribution in [2.24, 2.45) is 0 Å². The molecule has 0 unspecified atom stereocenters. The fraction of sp³-hybridized carbons (Fsp3) is 0.308. The average molecular weight is 201 g/mol. The number of aldehydes is 1. The van der Waals surface area contributed by atoms with Crippen molar-refractivity contribution in [3.63, 3.8) is 0 Å². The predicted molar refractivity (Wildman–Crippen MR) is 62.3 cm³/mol. The molecule has 0 aliphatic carbocycles. The molecule has 2 nitrogen and oxygen atoms in total. The number of carbonyl (C=O) groups is 1. The molecule has 78 valence electrons. The molecule has 1 aromatic carbocycles. The van der Waals surface area contributed by atoms with Crippen molar-refractivity contribution in [3.8, 4) is 0 Å². The van der Waals surface area contributed by atoms with Gasteiger partial charge < -0.3 is 4.57 Å². The molecular weight excluding hydrogens is 186 g/mol. The summed E-state index contributed by atoms with van der Waals surface area (Å²) in [6.07, 6.45) is 3.95. The molecule has 0 saturated heterocycles. The minimum absolute atomic E-state index is 0.434. The SMILES string of the molecule is CC[C@H](C)n1cc(C=O)c2ccccc21. The van der Waals surface area contributed by atoms with Gasteiger partial charge in [0.25, 0.3) is 0 Å². The van der Waals surface area contributed by atoms with E-state index < -0.39 is 0 Å². The van der Waals surface area contributed by atoms with Crippen molar-refractivity contribution in [3.05, 3.63) is 36.0 Å². The van der Waals surface area contributed by atoms with E-state index in [0.29, 0.717) is 6.04 Å². The molecule has 2 rings (SSSR count). The lowest BCUT2D eigenvalue weighted by Gasteiger charge is -2.12. The van der Waals surface area contributed by atoms with E-state index in [4.69, 9.17) is 0 Å². The van der Waals surface area contributed by atoms with Gasteiger partial charge in [-0.05, 0) is 19.4 Å². The van der Waals surface area contributed by atoms with Gasteiger partial charge in [0, 0.05) is 28.7 Å². The second-order valence-corrected chi connectivity index (χ2v) is 3.88. The highest BCUT2D eigenvalue weighted by Crippen LogP contribution is 2.24. The molecule has 2 heteroatoms. The lowest BCUT2D eigenvalue weighted by Crippen LogP contribution is -2.01. The highest BCUT2D eigenvalue weighted by atomic mass is 16.1. The zero-order valence-electron chi connectivity index (χ0n) is 9.10. The number of carbonyl (C=O) groups excluding carboxylic acids is 1. The summed E-state index contributed by atoms with van der Waals surface area (Å²) in [5.74, 6) is 0. The van der Waals surface area contributed by atoms with E-state index in [0.717, 1.165) is 29.2 Å². The molecule has 1 atom stereocenters. The van der Waals surface area contributed by atoms with Crippen LogP contribution in [0.15, 0.2) is 30.5 Å². The number of hydrogen-bond donors (Lipinski definition) is 0. The van der Waals surface area contributed by atoms with E-state index in [1.165, 1.54) is 0 Å². The summed E-state index contributed by atoms with van der Waals surface area (Å²) in [6, 6.07) is 8.47. The van der Waals surface area contributed by atoms with Crippen LogP contribution in [0.25, 0.3) is 10.9 Å². The van der Waals surface area contributed by atoms with Gasteiger partial charge in [-0.2, -0.15) is 0 Å². The van der Waals surface area contributed by atoms with Gasteiger partial charge in [-0.15, -0.1) is 0 Å². The first kappa shape index (κ1) is 9.97. The van der Waals surface area contributed by atoms with E-state index in [1.54, 1.807) is 0 Å². The summed E-state index contributed by atoms with van der Waals surface area (Å²) in [5, 5.41) is 1.05. The Bertz CT molecular complexity index is 484. The Hall–Kier alpha value is -1.57. The third kappa shape index (κ3) is 1.56. The summed E-state index contributed by atoms with van der Waals surface area (Å²) in [7, 11) is 0. The van der Waals surface area contributed by atoms with Gasteiger partial charge in [-0.1, -0.05) is 25.1 Å². The smallest absolute Gasteiger partial charge is 0.152 e. The highest BCUT2D eigenvalue weighted by molar-refractivity contribution is 5.97. The topological polar surface area (TPSA) is 22.0 Å². The molecule has 0 amide bonds. The highest BCUT2D eigenvalue weighted by Gasteiger charge is 2.10. The Balaban J connectivity index is 2.70. The first-order valence-electron chi connectivity index (χ1n) is 5.32. The van der Waals surface area contributed by atoms with Gasteiger partial charge >= 0.3 is 0 Å². The number of benzene rings is 1. The van der Waals surface area contributed by atoms with E-state index in [2.05, 4.69) is 24.5 Å². The van der Waals surface area contributed by atoms with Crippen LogP contribution in [0.4, 0.5) is 0 Å². The van der Waals surface area contributed by atoms with Gasteiger partial charge in [-0.25, -0.2) is 0 Å². The molecule has 2 aromatic rings. The second kappa shape index (κ2) is 3.89. The maximum atomic E-state index is 10.9. The summed E-state index contributed by atoms with van der Waals surface area (Å²) < 4.78 is 2.18. The van der Waals surface area contributed by atoms with Crippen molar-refractivity contribution < 1.29 is 4.79 Å². The largest absolute Gasteiger partial charge is 0.344 e. The van der Waals surface area contributed by atoms with E-state index in [1.807, 2.05) is 24.4 Å². The lowest BCUT2D eigenvalue weighted by atomic mass is 10.2. The molecule has 1 aromatic heterocycles. The van der Waals surface area contributed by atoms with Gasteiger partial charge in [0.05, 0.1) is 0 Å². The van der Waals surface area contributed by atoms with E-state index in [9.17, 15) is 4.79 Å². The van der Waals surface area contributed by atoms with Crippen molar-refractivity contribution >= 4 is 17.2 Å². The quantitative estimate of drug-likeness (QED) is 0.697. The number of hydrogen-bond acceptors (Lipinski definition) is 1. The minimum Gasteiger partial charge on any atom is -0.344 e. The monoisotopic (exact) mass is 201 g/mol. The molecule has 0 spiro atoms. The molecule has 15 heavy (non-hydrogen) atoms. The van der Waals surface area contributed by atoms with Crippen LogP contribution in [0.1, 0.15) is 36.7 Å². The zero-order valence-corrected chi connectivity index (χ0v) is 9.10. The van der Waals surface area contributed by atoms with Gasteiger partial charge in [-0.3, -0.25) is 4.79 Å². The van der Waals surface area contributed by atoms with Gasteiger partial charge in [0.1, 0.15) is 0 Å². The van der Waals surface area contributed by atoms with Gasteiger partial charge in [0.15, 0.2) is 6.29 Å². The summed E-state index contributed by atoms with van der Waals surface area (Å²) in [5.41, 5.74) is 1.93. The normalized spacial score (nSPS) is 12.9. The molecule has 0 N–H and O–H groups in total. The Morgan fingerprint density at radius 3 is 2.80 bits per heavy atom. The molecule has 0 aliphatic rings. The summed E-state index contributed by atoms with van der Waals surface area (Å²) >= 11 is 0. The Labute approximate surface area is 89.5 Å². The predicted octanol–water partition coefficient (Wildman–Crippen LogP) is 3.42. The third-order valence-electron chi connectivity index (χ3n) is 2.96. The molecule has 0 radical (unpaired) electrons. The van der Waals surface area contributed by atoms with Crippen molar-refractivity contribution in [2.45, 2.75) is 26.3 Å². The zero-order chi connectivity index (χ0) is 10.8. The Morgan fingerprint density at radius 1 is 1.40 bits per heavy atom. The number of fused-ring (bicyclic) bond motifs is 1. The van der Waals surface area contributed by atoms with Crippen LogP contribution in [0.5, 0.6) is 0 Å². The Morgan fingerprint density at radius 2 is 2.13 bits per heavy atom. The van der Waals surface area contributed by atoms with Crippen LogP contribution in [0.2, 0.25) is 0 Å². The molecule has 0 bridgehead atoms. The van der Waals surface area contributed by atoms with Crippen LogP contribution < -0.4 is 0 Å². The maximum Gasteiger partial charge on any atom is 0.152 e.